The number of aromatic amines is 1. The fraction of sp³-hybridized carbons (Fsp3) is 0.167. The largest absolute Gasteiger partial charge is 0.330 e. The van der Waals surface area contributed by atoms with Gasteiger partial charge >= 0.3 is 0 Å². The summed E-state index contributed by atoms with van der Waals surface area (Å²) in [6, 6.07) is 11.1. The van der Waals surface area contributed by atoms with E-state index in [4.69, 9.17) is 5.73 Å². The van der Waals surface area contributed by atoms with Crippen LogP contribution in [0.4, 0.5) is 0 Å². The second kappa shape index (κ2) is 5.65. The molecule has 0 aliphatic rings. The Morgan fingerprint density at radius 1 is 1.29 bits per heavy atom. The summed E-state index contributed by atoms with van der Waals surface area (Å²) in [5.41, 5.74) is 6.91. The van der Waals surface area contributed by atoms with Crippen LogP contribution in [0.3, 0.4) is 0 Å². The smallest absolute Gasteiger partial charge is 0.252 e. The molecule has 1 aromatic carbocycles. The minimum absolute atomic E-state index is 0.140. The highest BCUT2D eigenvalue weighted by Crippen LogP contribution is 2.17. The Kier molecular flexibility index (Phi) is 3.95. The van der Waals surface area contributed by atoms with Gasteiger partial charge in [-0.2, -0.15) is 0 Å². The zero-order valence-electron chi connectivity index (χ0n) is 9.22. The minimum atomic E-state index is -0.140. The third kappa shape index (κ3) is 3.18. The number of hydrogen-bond acceptors (Lipinski definition) is 4. The summed E-state index contributed by atoms with van der Waals surface area (Å²) >= 11 is 1.45. The number of H-pyrrole nitrogens is 1. The molecule has 0 aliphatic heterocycles. The van der Waals surface area contributed by atoms with Gasteiger partial charge in [0, 0.05) is 23.9 Å². The first-order valence-corrected chi connectivity index (χ1v) is 6.28. The molecule has 5 heteroatoms. The van der Waals surface area contributed by atoms with Crippen LogP contribution in [-0.4, -0.2) is 22.3 Å². The van der Waals surface area contributed by atoms with Gasteiger partial charge in [0.15, 0.2) is 5.16 Å². The fourth-order valence-corrected chi connectivity index (χ4v) is 2.06. The highest BCUT2D eigenvalue weighted by molar-refractivity contribution is 7.99. The molecule has 0 spiro atoms. The van der Waals surface area contributed by atoms with Crippen molar-refractivity contribution in [2.24, 2.45) is 5.73 Å². The lowest BCUT2D eigenvalue weighted by atomic mass is 10.1. The fourth-order valence-electron chi connectivity index (χ4n) is 1.42. The molecule has 0 amide bonds. The molecule has 0 saturated heterocycles. The molecule has 88 valence electrons. The van der Waals surface area contributed by atoms with Crippen LogP contribution >= 0.6 is 11.8 Å². The lowest BCUT2D eigenvalue weighted by molar-refractivity contribution is 0.940. The van der Waals surface area contributed by atoms with Crippen molar-refractivity contribution in [3.8, 4) is 11.3 Å². The van der Waals surface area contributed by atoms with Crippen LogP contribution in [0, 0.1) is 0 Å². The number of thioether (sulfide) groups is 1. The number of rotatable bonds is 4. The quantitative estimate of drug-likeness (QED) is 0.634. The number of nitrogens with two attached hydrogens (primary N) is 1. The van der Waals surface area contributed by atoms with Gasteiger partial charge in [0.1, 0.15) is 0 Å². The van der Waals surface area contributed by atoms with E-state index in [9.17, 15) is 4.79 Å². The third-order valence-corrected chi connectivity index (χ3v) is 3.05. The average Bonchev–Trinajstić information content (AvgIpc) is 2.37. The molecule has 1 aromatic heterocycles. The van der Waals surface area contributed by atoms with Gasteiger partial charge in [0.25, 0.3) is 5.56 Å². The van der Waals surface area contributed by atoms with E-state index >= 15 is 0 Å². The van der Waals surface area contributed by atoms with Crippen LogP contribution in [0.25, 0.3) is 11.3 Å². The average molecular weight is 247 g/mol. The molecule has 0 unspecified atom stereocenters. The van der Waals surface area contributed by atoms with Crippen LogP contribution < -0.4 is 11.3 Å². The number of nitrogens with one attached hydrogen (secondary N) is 1. The lowest BCUT2D eigenvalue weighted by Gasteiger charge is -2.03. The second-order valence-corrected chi connectivity index (χ2v) is 4.52. The van der Waals surface area contributed by atoms with E-state index in [1.807, 2.05) is 30.3 Å². The highest BCUT2D eigenvalue weighted by Gasteiger charge is 2.03. The van der Waals surface area contributed by atoms with Gasteiger partial charge in [-0.25, -0.2) is 4.98 Å². The van der Waals surface area contributed by atoms with Gasteiger partial charge in [-0.1, -0.05) is 42.1 Å². The first-order valence-electron chi connectivity index (χ1n) is 5.29. The van der Waals surface area contributed by atoms with E-state index in [1.165, 1.54) is 17.8 Å². The minimum Gasteiger partial charge on any atom is -0.330 e. The Morgan fingerprint density at radius 3 is 2.76 bits per heavy atom. The summed E-state index contributed by atoms with van der Waals surface area (Å²) in [6.07, 6.45) is 0. The van der Waals surface area contributed by atoms with Gasteiger partial charge in [-0.05, 0) is 0 Å². The summed E-state index contributed by atoms with van der Waals surface area (Å²) < 4.78 is 0. The standard InChI is InChI=1S/C12H13N3OS/c13-6-7-17-12-14-10(8-11(16)15-12)9-4-2-1-3-5-9/h1-5,8H,6-7,13H2,(H,14,15,16). The molecule has 0 aliphatic carbocycles. The molecule has 1 heterocycles. The van der Waals surface area contributed by atoms with Crippen molar-refractivity contribution in [3.63, 3.8) is 0 Å². The van der Waals surface area contributed by atoms with Crippen molar-refractivity contribution in [1.29, 1.82) is 0 Å². The molecule has 0 fully saturated rings. The molecule has 2 rings (SSSR count). The molecular weight excluding hydrogens is 234 g/mol. The van der Waals surface area contributed by atoms with Crippen molar-refractivity contribution in [2.45, 2.75) is 5.16 Å². The van der Waals surface area contributed by atoms with E-state index in [2.05, 4.69) is 9.97 Å². The van der Waals surface area contributed by atoms with Gasteiger partial charge < -0.3 is 10.7 Å². The molecule has 0 saturated carbocycles. The summed E-state index contributed by atoms with van der Waals surface area (Å²) in [4.78, 5) is 18.6. The van der Waals surface area contributed by atoms with E-state index in [1.54, 1.807) is 0 Å². The Hall–Kier alpha value is -1.59. The Balaban J connectivity index is 2.35. The highest BCUT2D eigenvalue weighted by atomic mass is 32.2. The van der Waals surface area contributed by atoms with Crippen LogP contribution in [0.15, 0.2) is 46.3 Å². The maximum atomic E-state index is 11.5. The van der Waals surface area contributed by atoms with Crippen molar-refractivity contribution >= 4 is 11.8 Å². The monoisotopic (exact) mass is 247 g/mol. The summed E-state index contributed by atoms with van der Waals surface area (Å²) in [6.45, 7) is 0.559. The van der Waals surface area contributed by atoms with Crippen molar-refractivity contribution in [3.05, 3.63) is 46.8 Å². The van der Waals surface area contributed by atoms with Crippen molar-refractivity contribution in [1.82, 2.24) is 9.97 Å². The normalized spacial score (nSPS) is 10.4. The zero-order valence-corrected chi connectivity index (χ0v) is 10.0. The van der Waals surface area contributed by atoms with Crippen LogP contribution in [0.5, 0.6) is 0 Å². The first kappa shape index (κ1) is 11.9. The first-order chi connectivity index (χ1) is 8.29. The second-order valence-electron chi connectivity index (χ2n) is 3.44. The molecule has 17 heavy (non-hydrogen) atoms. The summed E-state index contributed by atoms with van der Waals surface area (Å²) in [5.74, 6) is 0.737. The molecule has 4 nitrogen and oxygen atoms in total. The summed E-state index contributed by atoms with van der Waals surface area (Å²) in [5, 5.41) is 0.613. The number of hydrogen-bond donors (Lipinski definition) is 2. The van der Waals surface area contributed by atoms with Crippen LogP contribution in [0.2, 0.25) is 0 Å². The molecule has 2 aromatic rings. The van der Waals surface area contributed by atoms with Gasteiger partial charge in [-0.3, -0.25) is 4.79 Å². The zero-order chi connectivity index (χ0) is 12.1. The summed E-state index contributed by atoms with van der Waals surface area (Å²) in [7, 11) is 0. The van der Waals surface area contributed by atoms with E-state index in [0.29, 0.717) is 17.4 Å². The SMILES string of the molecule is NCCSc1nc(-c2ccccc2)cc(=O)[nH]1. The molecule has 3 N–H and O–H groups in total. The van der Waals surface area contributed by atoms with E-state index < -0.39 is 0 Å². The van der Waals surface area contributed by atoms with E-state index in [-0.39, 0.29) is 5.56 Å². The third-order valence-electron chi connectivity index (χ3n) is 2.15. The maximum absolute atomic E-state index is 11.5. The Bertz CT molecular complexity index is 539. The van der Waals surface area contributed by atoms with Gasteiger partial charge in [-0.15, -0.1) is 0 Å². The maximum Gasteiger partial charge on any atom is 0.252 e. The molecule has 0 radical (unpaired) electrons. The molecule has 0 bridgehead atoms. The number of nitrogens with zero attached hydrogens (tertiary/aromatic N) is 1. The number of aromatic nitrogens is 2. The van der Waals surface area contributed by atoms with Crippen LogP contribution in [0.1, 0.15) is 0 Å². The van der Waals surface area contributed by atoms with Crippen LogP contribution in [-0.2, 0) is 0 Å². The molecular formula is C12H13N3OS. The predicted octanol–water partition coefficient (Wildman–Crippen LogP) is 1.49. The predicted molar refractivity (Wildman–Crippen MR) is 70.1 cm³/mol. The topological polar surface area (TPSA) is 71.8 Å². The van der Waals surface area contributed by atoms with Gasteiger partial charge in [0.2, 0.25) is 0 Å². The van der Waals surface area contributed by atoms with E-state index in [0.717, 1.165) is 11.3 Å². The Morgan fingerprint density at radius 2 is 2.06 bits per heavy atom. The van der Waals surface area contributed by atoms with Crippen molar-refractivity contribution in [2.75, 3.05) is 12.3 Å². The lowest BCUT2D eigenvalue weighted by Crippen LogP contribution is -2.09. The van der Waals surface area contributed by atoms with Gasteiger partial charge in [0.05, 0.1) is 5.69 Å². The molecule has 0 atom stereocenters. The Labute approximate surface area is 103 Å². The number of benzene rings is 1. The van der Waals surface area contributed by atoms with Crippen molar-refractivity contribution < 1.29 is 0 Å².